The predicted molar refractivity (Wildman–Crippen MR) is 71.4 cm³/mol. The number of hydrogen-bond acceptors (Lipinski definition) is 6. The minimum absolute atomic E-state index is 0.0405. The molecule has 0 aromatic carbocycles. The summed E-state index contributed by atoms with van der Waals surface area (Å²) in [4.78, 5) is 10.5. The van der Waals surface area contributed by atoms with Gasteiger partial charge in [0.25, 0.3) is 0 Å². The zero-order chi connectivity index (χ0) is 13.7. The highest BCUT2D eigenvalue weighted by Crippen LogP contribution is 2.16. The highest BCUT2D eigenvalue weighted by Gasteiger charge is 2.19. The van der Waals surface area contributed by atoms with Gasteiger partial charge in [0, 0.05) is 19.7 Å². The summed E-state index contributed by atoms with van der Waals surface area (Å²) in [6.07, 6.45) is 5.61. The van der Waals surface area contributed by atoms with Gasteiger partial charge < -0.3 is 20.6 Å². The van der Waals surface area contributed by atoms with Gasteiger partial charge in [0.15, 0.2) is 5.84 Å². The number of anilines is 1. The van der Waals surface area contributed by atoms with Crippen LogP contribution in [0.4, 0.5) is 5.82 Å². The minimum atomic E-state index is -0.0405. The SMILES string of the molecule is CCN(CC1CCCO1)c1cnc(C(N)=NO)cn1. The average molecular weight is 265 g/mol. The van der Waals surface area contributed by atoms with E-state index in [-0.39, 0.29) is 11.9 Å². The van der Waals surface area contributed by atoms with Crippen LogP contribution in [0.3, 0.4) is 0 Å². The fourth-order valence-electron chi connectivity index (χ4n) is 2.09. The van der Waals surface area contributed by atoms with Crippen molar-refractivity contribution in [3.63, 3.8) is 0 Å². The zero-order valence-corrected chi connectivity index (χ0v) is 11.0. The van der Waals surface area contributed by atoms with Crippen LogP contribution in [-0.2, 0) is 4.74 Å². The summed E-state index contributed by atoms with van der Waals surface area (Å²) in [6.45, 7) is 4.55. The molecule has 2 heterocycles. The van der Waals surface area contributed by atoms with E-state index in [0.29, 0.717) is 5.69 Å². The number of oxime groups is 1. The third kappa shape index (κ3) is 3.31. The third-order valence-electron chi connectivity index (χ3n) is 3.16. The number of nitrogens with two attached hydrogens (primary N) is 1. The Labute approximate surface area is 112 Å². The number of ether oxygens (including phenoxy) is 1. The fraction of sp³-hybridized carbons (Fsp3) is 0.583. The molecule has 19 heavy (non-hydrogen) atoms. The molecule has 0 aliphatic carbocycles. The molecule has 1 aliphatic heterocycles. The molecule has 0 bridgehead atoms. The molecular weight excluding hydrogens is 246 g/mol. The number of nitrogens with zero attached hydrogens (tertiary/aromatic N) is 4. The van der Waals surface area contributed by atoms with Gasteiger partial charge in [-0.1, -0.05) is 5.16 Å². The molecule has 7 heteroatoms. The molecule has 7 nitrogen and oxygen atoms in total. The molecule has 3 N–H and O–H groups in total. The van der Waals surface area contributed by atoms with E-state index in [9.17, 15) is 0 Å². The number of likely N-dealkylation sites (N-methyl/N-ethyl adjacent to an activating group) is 1. The average Bonchev–Trinajstić information content (AvgIpc) is 2.97. The molecule has 0 spiro atoms. The largest absolute Gasteiger partial charge is 0.409 e. The van der Waals surface area contributed by atoms with Crippen molar-refractivity contribution in [3.05, 3.63) is 18.1 Å². The van der Waals surface area contributed by atoms with Crippen molar-refractivity contribution in [1.82, 2.24) is 9.97 Å². The van der Waals surface area contributed by atoms with Crippen molar-refractivity contribution in [3.8, 4) is 0 Å². The molecule has 1 saturated heterocycles. The second kappa shape index (κ2) is 6.33. The molecule has 1 atom stereocenters. The van der Waals surface area contributed by atoms with Gasteiger partial charge in [0.2, 0.25) is 0 Å². The van der Waals surface area contributed by atoms with E-state index in [0.717, 1.165) is 38.4 Å². The molecule has 2 rings (SSSR count). The van der Waals surface area contributed by atoms with Crippen LogP contribution in [0.1, 0.15) is 25.5 Å². The lowest BCUT2D eigenvalue weighted by Gasteiger charge is -2.24. The van der Waals surface area contributed by atoms with Gasteiger partial charge >= 0.3 is 0 Å². The quantitative estimate of drug-likeness (QED) is 0.350. The Kier molecular flexibility index (Phi) is 4.51. The Morgan fingerprint density at radius 2 is 2.42 bits per heavy atom. The van der Waals surface area contributed by atoms with Gasteiger partial charge in [-0.3, -0.25) is 0 Å². The van der Waals surface area contributed by atoms with Gasteiger partial charge in [-0.15, -0.1) is 0 Å². The van der Waals surface area contributed by atoms with E-state index >= 15 is 0 Å². The maximum Gasteiger partial charge on any atom is 0.190 e. The molecule has 0 radical (unpaired) electrons. The van der Waals surface area contributed by atoms with E-state index in [1.807, 2.05) is 0 Å². The van der Waals surface area contributed by atoms with Crippen molar-refractivity contribution in [2.24, 2.45) is 10.9 Å². The number of aromatic nitrogens is 2. The van der Waals surface area contributed by atoms with E-state index in [4.69, 9.17) is 15.7 Å². The first-order valence-electron chi connectivity index (χ1n) is 6.41. The summed E-state index contributed by atoms with van der Waals surface area (Å²) in [5.74, 6) is 0.730. The summed E-state index contributed by atoms with van der Waals surface area (Å²) in [7, 11) is 0. The predicted octanol–water partition coefficient (Wildman–Crippen LogP) is 0.576. The van der Waals surface area contributed by atoms with Crippen molar-refractivity contribution in [1.29, 1.82) is 0 Å². The Morgan fingerprint density at radius 3 is 2.95 bits per heavy atom. The van der Waals surface area contributed by atoms with Crippen LogP contribution >= 0.6 is 0 Å². The first-order chi connectivity index (χ1) is 9.24. The summed E-state index contributed by atoms with van der Waals surface area (Å²) in [5, 5.41) is 11.5. The Hall–Kier alpha value is -1.89. The van der Waals surface area contributed by atoms with Crippen LogP contribution in [0.25, 0.3) is 0 Å². The van der Waals surface area contributed by atoms with Gasteiger partial charge in [-0.2, -0.15) is 0 Å². The van der Waals surface area contributed by atoms with Crippen molar-refractivity contribution < 1.29 is 9.94 Å². The summed E-state index contributed by atoms with van der Waals surface area (Å²) >= 11 is 0. The van der Waals surface area contributed by atoms with E-state index in [1.165, 1.54) is 6.20 Å². The van der Waals surface area contributed by atoms with E-state index < -0.39 is 0 Å². The molecule has 104 valence electrons. The summed E-state index contributed by atoms with van der Waals surface area (Å²) < 4.78 is 5.62. The van der Waals surface area contributed by atoms with Gasteiger partial charge in [-0.25, -0.2) is 9.97 Å². The smallest absolute Gasteiger partial charge is 0.190 e. The highest BCUT2D eigenvalue weighted by molar-refractivity contribution is 5.94. The lowest BCUT2D eigenvalue weighted by molar-refractivity contribution is 0.115. The number of amidine groups is 1. The monoisotopic (exact) mass is 265 g/mol. The number of hydrogen-bond donors (Lipinski definition) is 2. The van der Waals surface area contributed by atoms with E-state index in [2.05, 4.69) is 26.9 Å². The minimum Gasteiger partial charge on any atom is -0.409 e. The molecule has 1 fully saturated rings. The number of rotatable bonds is 5. The van der Waals surface area contributed by atoms with Crippen LogP contribution in [0.5, 0.6) is 0 Å². The Bertz CT molecular complexity index is 428. The molecule has 1 aliphatic rings. The van der Waals surface area contributed by atoms with Gasteiger partial charge in [0.05, 0.1) is 18.5 Å². The molecule has 1 aromatic rings. The molecule has 0 saturated carbocycles. The molecule has 0 amide bonds. The second-order valence-corrected chi connectivity index (χ2v) is 4.42. The molecule has 1 unspecified atom stereocenters. The van der Waals surface area contributed by atoms with Crippen LogP contribution in [0.15, 0.2) is 17.5 Å². The van der Waals surface area contributed by atoms with Crippen LogP contribution < -0.4 is 10.6 Å². The topological polar surface area (TPSA) is 96.9 Å². The standard InChI is InChI=1S/C12H19N5O2/c1-2-17(8-9-4-3-5-19-9)11-7-14-10(6-15-11)12(13)16-18/h6-7,9,18H,2-5,8H2,1H3,(H2,13,16). The Balaban J connectivity index is 2.05. The summed E-state index contributed by atoms with van der Waals surface area (Å²) in [5.41, 5.74) is 5.81. The van der Waals surface area contributed by atoms with Crippen molar-refractivity contribution in [2.75, 3.05) is 24.6 Å². The highest BCUT2D eigenvalue weighted by atomic mass is 16.5. The first kappa shape index (κ1) is 13.5. The lowest BCUT2D eigenvalue weighted by atomic mass is 10.2. The molecule has 1 aromatic heterocycles. The molecular formula is C12H19N5O2. The Morgan fingerprint density at radius 1 is 1.58 bits per heavy atom. The lowest BCUT2D eigenvalue weighted by Crippen LogP contribution is -2.32. The summed E-state index contributed by atoms with van der Waals surface area (Å²) in [6, 6.07) is 0. The fourth-order valence-corrected chi connectivity index (χ4v) is 2.09. The maximum absolute atomic E-state index is 8.57. The normalized spacial score (nSPS) is 19.6. The van der Waals surface area contributed by atoms with Crippen LogP contribution in [-0.4, -0.2) is 46.8 Å². The zero-order valence-electron chi connectivity index (χ0n) is 11.0. The van der Waals surface area contributed by atoms with Crippen LogP contribution in [0.2, 0.25) is 0 Å². The van der Waals surface area contributed by atoms with Crippen LogP contribution in [0, 0.1) is 0 Å². The van der Waals surface area contributed by atoms with Gasteiger partial charge in [-0.05, 0) is 19.8 Å². The maximum atomic E-state index is 8.57. The van der Waals surface area contributed by atoms with Crippen molar-refractivity contribution in [2.45, 2.75) is 25.9 Å². The van der Waals surface area contributed by atoms with E-state index in [1.54, 1.807) is 6.20 Å². The van der Waals surface area contributed by atoms with Crippen molar-refractivity contribution >= 4 is 11.7 Å². The third-order valence-corrected chi connectivity index (χ3v) is 3.16. The van der Waals surface area contributed by atoms with Gasteiger partial charge in [0.1, 0.15) is 11.5 Å². The second-order valence-electron chi connectivity index (χ2n) is 4.42. The first-order valence-corrected chi connectivity index (χ1v) is 6.41.